The zero-order chi connectivity index (χ0) is 19.8. The fourth-order valence-corrected chi connectivity index (χ4v) is 4.48. The van der Waals surface area contributed by atoms with E-state index in [0.717, 1.165) is 5.56 Å². The van der Waals surface area contributed by atoms with E-state index >= 15 is 0 Å². The standard InChI is InChI=1S/C18H10Cl4N4OS/c19-11-6-10(7-12(20)8-11)9-28-18-24-23-16-17(27)25(4-5-26(16)18)14-3-1-2-13(21)15(14)22/h1-8H,9H2. The summed E-state index contributed by atoms with van der Waals surface area (Å²) in [6.45, 7) is 0. The Labute approximate surface area is 183 Å². The van der Waals surface area contributed by atoms with Gasteiger partial charge in [0.1, 0.15) is 0 Å². The van der Waals surface area contributed by atoms with Crippen molar-refractivity contribution in [2.45, 2.75) is 10.9 Å². The minimum Gasteiger partial charge on any atom is -0.278 e. The summed E-state index contributed by atoms with van der Waals surface area (Å²) in [5, 5.41) is 10.5. The van der Waals surface area contributed by atoms with E-state index in [-0.39, 0.29) is 11.2 Å². The molecule has 0 amide bonds. The molecule has 2 aromatic carbocycles. The van der Waals surface area contributed by atoms with E-state index in [9.17, 15) is 4.79 Å². The molecule has 0 aliphatic carbocycles. The SMILES string of the molecule is O=c1c2nnc(SCc3cc(Cl)cc(Cl)c3)n2ccn1-c1cccc(Cl)c1Cl. The molecule has 0 spiro atoms. The van der Waals surface area contributed by atoms with Crippen LogP contribution in [0.3, 0.4) is 0 Å². The number of thioether (sulfide) groups is 1. The number of hydrogen-bond acceptors (Lipinski definition) is 4. The van der Waals surface area contributed by atoms with Crippen molar-refractivity contribution in [2.75, 3.05) is 0 Å². The second-order valence-corrected chi connectivity index (χ2v) is 8.39. The van der Waals surface area contributed by atoms with Crippen LogP contribution in [0.4, 0.5) is 0 Å². The maximum Gasteiger partial charge on any atom is 0.300 e. The summed E-state index contributed by atoms with van der Waals surface area (Å²) >= 11 is 25.8. The maximum atomic E-state index is 12.9. The highest BCUT2D eigenvalue weighted by atomic mass is 35.5. The molecule has 5 nitrogen and oxygen atoms in total. The third-order valence-electron chi connectivity index (χ3n) is 3.92. The van der Waals surface area contributed by atoms with Crippen LogP contribution in [-0.2, 0) is 5.75 Å². The van der Waals surface area contributed by atoms with Crippen LogP contribution < -0.4 is 5.56 Å². The summed E-state index contributed by atoms with van der Waals surface area (Å²) in [7, 11) is 0. The Morgan fingerprint density at radius 2 is 1.71 bits per heavy atom. The summed E-state index contributed by atoms with van der Waals surface area (Å²) in [6.07, 6.45) is 3.32. The van der Waals surface area contributed by atoms with Crippen LogP contribution in [0.2, 0.25) is 20.1 Å². The maximum absolute atomic E-state index is 12.9. The molecule has 0 saturated heterocycles. The number of rotatable bonds is 4. The third-order valence-corrected chi connectivity index (χ3v) is 6.18. The van der Waals surface area contributed by atoms with Gasteiger partial charge in [-0.05, 0) is 35.9 Å². The molecule has 4 aromatic rings. The van der Waals surface area contributed by atoms with Gasteiger partial charge in [-0.15, -0.1) is 10.2 Å². The predicted molar refractivity (Wildman–Crippen MR) is 115 cm³/mol. The lowest BCUT2D eigenvalue weighted by atomic mass is 10.2. The van der Waals surface area contributed by atoms with Gasteiger partial charge in [0, 0.05) is 28.2 Å². The first-order valence-corrected chi connectivity index (χ1v) is 10.4. The van der Waals surface area contributed by atoms with Gasteiger partial charge in [-0.3, -0.25) is 13.8 Å². The molecule has 2 heterocycles. The van der Waals surface area contributed by atoms with Crippen molar-refractivity contribution in [3.05, 3.63) is 84.8 Å². The van der Waals surface area contributed by atoms with Crippen LogP contribution >= 0.6 is 58.2 Å². The van der Waals surface area contributed by atoms with Crippen molar-refractivity contribution in [3.8, 4) is 5.69 Å². The molecule has 0 aliphatic heterocycles. The monoisotopic (exact) mass is 470 g/mol. The van der Waals surface area contributed by atoms with E-state index in [1.54, 1.807) is 41.1 Å². The molecule has 142 valence electrons. The van der Waals surface area contributed by atoms with Crippen molar-refractivity contribution in [1.82, 2.24) is 19.2 Å². The lowest BCUT2D eigenvalue weighted by molar-refractivity contribution is 0.893. The molecule has 0 N–H and O–H groups in total. The molecule has 28 heavy (non-hydrogen) atoms. The van der Waals surface area contributed by atoms with Gasteiger partial charge in [-0.2, -0.15) is 0 Å². The van der Waals surface area contributed by atoms with E-state index in [2.05, 4.69) is 10.2 Å². The van der Waals surface area contributed by atoms with Gasteiger partial charge in [0.15, 0.2) is 5.16 Å². The van der Waals surface area contributed by atoms with Crippen molar-refractivity contribution in [2.24, 2.45) is 0 Å². The molecular weight excluding hydrogens is 462 g/mol. The van der Waals surface area contributed by atoms with E-state index < -0.39 is 0 Å². The first-order valence-electron chi connectivity index (χ1n) is 7.92. The van der Waals surface area contributed by atoms with Gasteiger partial charge >= 0.3 is 5.56 Å². The quantitative estimate of drug-likeness (QED) is 0.353. The normalized spacial score (nSPS) is 11.3. The Morgan fingerprint density at radius 1 is 0.964 bits per heavy atom. The van der Waals surface area contributed by atoms with Gasteiger partial charge in [0.25, 0.3) is 0 Å². The van der Waals surface area contributed by atoms with Gasteiger partial charge in [0.2, 0.25) is 5.65 Å². The number of fused-ring (bicyclic) bond motifs is 1. The molecule has 0 fully saturated rings. The zero-order valence-electron chi connectivity index (χ0n) is 13.9. The smallest absolute Gasteiger partial charge is 0.278 e. The topological polar surface area (TPSA) is 52.2 Å². The number of halogens is 4. The Morgan fingerprint density at radius 3 is 2.46 bits per heavy atom. The van der Waals surface area contributed by atoms with Gasteiger partial charge in [0.05, 0.1) is 15.7 Å². The Balaban J connectivity index is 1.69. The van der Waals surface area contributed by atoms with Crippen molar-refractivity contribution in [3.63, 3.8) is 0 Å². The van der Waals surface area contributed by atoms with Crippen molar-refractivity contribution < 1.29 is 0 Å². The number of hydrogen-bond donors (Lipinski definition) is 0. The summed E-state index contributed by atoms with van der Waals surface area (Å²) in [5.41, 5.74) is 1.26. The lowest BCUT2D eigenvalue weighted by Crippen LogP contribution is -2.20. The summed E-state index contributed by atoms with van der Waals surface area (Å²) in [6, 6.07) is 10.4. The van der Waals surface area contributed by atoms with Crippen LogP contribution in [0, 0.1) is 0 Å². The minimum absolute atomic E-state index is 0.185. The average molecular weight is 472 g/mol. The Hall–Kier alpha value is -1.70. The predicted octanol–water partition coefficient (Wildman–Crippen LogP) is 5.79. The van der Waals surface area contributed by atoms with Crippen LogP contribution in [0.25, 0.3) is 11.3 Å². The summed E-state index contributed by atoms with van der Waals surface area (Å²) in [5.74, 6) is 0.574. The molecule has 2 aromatic heterocycles. The highest BCUT2D eigenvalue weighted by molar-refractivity contribution is 7.98. The lowest BCUT2D eigenvalue weighted by Gasteiger charge is -2.09. The van der Waals surface area contributed by atoms with E-state index in [0.29, 0.717) is 36.7 Å². The van der Waals surface area contributed by atoms with E-state index in [1.807, 2.05) is 12.1 Å². The van der Waals surface area contributed by atoms with Crippen molar-refractivity contribution >= 4 is 63.8 Å². The third kappa shape index (κ3) is 3.75. The largest absolute Gasteiger partial charge is 0.300 e. The van der Waals surface area contributed by atoms with E-state index in [4.69, 9.17) is 46.4 Å². The summed E-state index contributed by atoms with van der Waals surface area (Å²) < 4.78 is 3.03. The Bertz CT molecular complexity index is 1230. The first kappa shape index (κ1) is 19.6. The molecule has 4 rings (SSSR count). The highest BCUT2D eigenvalue weighted by Crippen LogP contribution is 2.28. The Kier molecular flexibility index (Phi) is 5.58. The molecule has 0 saturated carbocycles. The van der Waals surface area contributed by atoms with E-state index in [1.165, 1.54) is 16.3 Å². The molecule has 0 radical (unpaired) electrons. The zero-order valence-corrected chi connectivity index (χ0v) is 17.8. The van der Waals surface area contributed by atoms with Crippen LogP contribution in [0.1, 0.15) is 5.56 Å². The summed E-state index contributed by atoms with van der Waals surface area (Å²) in [4.78, 5) is 12.9. The average Bonchev–Trinajstić information content (AvgIpc) is 3.06. The first-order chi connectivity index (χ1) is 13.4. The second-order valence-electron chi connectivity index (χ2n) is 5.79. The molecule has 10 heteroatoms. The van der Waals surface area contributed by atoms with Crippen LogP contribution in [-0.4, -0.2) is 19.2 Å². The number of nitrogens with zero attached hydrogens (tertiary/aromatic N) is 4. The molecule has 0 unspecified atom stereocenters. The molecule has 0 bridgehead atoms. The van der Waals surface area contributed by atoms with Crippen LogP contribution in [0.15, 0.2) is 58.7 Å². The molecule has 0 atom stereocenters. The van der Waals surface area contributed by atoms with Gasteiger partial charge in [-0.1, -0.05) is 64.2 Å². The molecular formula is C18H10Cl4N4OS. The van der Waals surface area contributed by atoms with Gasteiger partial charge < -0.3 is 0 Å². The van der Waals surface area contributed by atoms with Crippen LogP contribution in [0.5, 0.6) is 0 Å². The number of benzene rings is 2. The second kappa shape index (κ2) is 7.97. The fourth-order valence-electron chi connectivity index (χ4n) is 2.67. The molecule has 0 aliphatic rings. The number of aromatic nitrogens is 4. The minimum atomic E-state index is -0.350. The van der Waals surface area contributed by atoms with Gasteiger partial charge in [-0.25, -0.2) is 0 Å². The van der Waals surface area contributed by atoms with Crippen molar-refractivity contribution in [1.29, 1.82) is 0 Å². The highest BCUT2D eigenvalue weighted by Gasteiger charge is 2.14. The fraction of sp³-hybridized carbons (Fsp3) is 0.0556.